The molecule has 0 heterocycles. The van der Waals surface area contributed by atoms with Gasteiger partial charge in [0.2, 0.25) is 5.91 Å². The number of rotatable bonds is 4. The molecule has 0 fully saturated rings. The molecule has 0 saturated carbocycles. The molecule has 0 radical (unpaired) electrons. The first-order valence-electron chi connectivity index (χ1n) is 6.22. The third kappa shape index (κ3) is 5.61. The number of carbonyl (C=O) groups excluding carboxylic acids is 1. The maximum atomic E-state index is 11.9. The van der Waals surface area contributed by atoms with Gasteiger partial charge in [0.05, 0.1) is 10.5 Å². The number of phenols is 1. The van der Waals surface area contributed by atoms with Gasteiger partial charge in [-0.3, -0.25) is 4.79 Å². The highest BCUT2D eigenvalue weighted by molar-refractivity contribution is 9.10. The molecular formula is C14H21BrN2O2. The lowest BCUT2D eigenvalue weighted by molar-refractivity contribution is -0.124. The van der Waals surface area contributed by atoms with Gasteiger partial charge in [-0.15, -0.1) is 0 Å². The van der Waals surface area contributed by atoms with Gasteiger partial charge in [0.15, 0.2) is 0 Å². The van der Waals surface area contributed by atoms with Gasteiger partial charge in [-0.05, 0) is 61.3 Å². The van der Waals surface area contributed by atoms with E-state index in [1.807, 2.05) is 39.8 Å². The van der Waals surface area contributed by atoms with Crippen LogP contribution in [0.25, 0.3) is 0 Å². The summed E-state index contributed by atoms with van der Waals surface area (Å²) in [6.07, 6.45) is 0. The molecule has 1 atom stereocenters. The molecule has 1 unspecified atom stereocenters. The molecule has 0 bridgehead atoms. The maximum Gasteiger partial charge on any atom is 0.237 e. The molecule has 0 aliphatic heterocycles. The van der Waals surface area contributed by atoms with Crippen LogP contribution >= 0.6 is 15.9 Å². The van der Waals surface area contributed by atoms with E-state index in [9.17, 15) is 9.90 Å². The predicted octanol–water partition coefficient (Wildman–Crippen LogP) is 2.55. The van der Waals surface area contributed by atoms with E-state index in [0.717, 1.165) is 5.56 Å². The summed E-state index contributed by atoms with van der Waals surface area (Å²) in [6.45, 7) is 8.26. The zero-order valence-electron chi connectivity index (χ0n) is 11.7. The van der Waals surface area contributed by atoms with Gasteiger partial charge in [-0.2, -0.15) is 0 Å². The Labute approximate surface area is 122 Å². The number of phenolic OH excluding ortho intramolecular Hbond substituents is 1. The van der Waals surface area contributed by atoms with Gasteiger partial charge >= 0.3 is 0 Å². The average molecular weight is 329 g/mol. The minimum Gasteiger partial charge on any atom is -0.507 e. The van der Waals surface area contributed by atoms with Crippen LogP contribution in [0.2, 0.25) is 0 Å². The summed E-state index contributed by atoms with van der Waals surface area (Å²) in [5.74, 6) is 0.188. The first kappa shape index (κ1) is 16.0. The highest BCUT2D eigenvalue weighted by Gasteiger charge is 2.18. The zero-order chi connectivity index (χ0) is 14.6. The third-order valence-corrected chi connectivity index (χ3v) is 3.15. The first-order chi connectivity index (χ1) is 8.69. The van der Waals surface area contributed by atoms with Gasteiger partial charge in [-0.25, -0.2) is 0 Å². The van der Waals surface area contributed by atoms with Crippen molar-refractivity contribution in [1.29, 1.82) is 0 Å². The van der Waals surface area contributed by atoms with Crippen LogP contribution in [0.5, 0.6) is 5.75 Å². The van der Waals surface area contributed by atoms with Crippen LogP contribution in [0.1, 0.15) is 33.3 Å². The molecule has 0 aromatic heterocycles. The molecule has 4 nitrogen and oxygen atoms in total. The maximum absolute atomic E-state index is 11.9. The van der Waals surface area contributed by atoms with Crippen molar-refractivity contribution in [2.24, 2.45) is 0 Å². The predicted molar refractivity (Wildman–Crippen MR) is 80.0 cm³/mol. The highest BCUT2D eigenvalue weighted by atomic mass is 79.9. The molecule has 0 spiro atoms. The summed E-state index contributed by atoms with van der Waals surface area (Å²) in [5, 5.41) is 15.5. The van der Waals surface area contributed by atoms with Gasteiger partial charge in [0, 0.05) is 12.1 Å². The van der Waals surface area contributed by atoms with Gasteiger partial charge < -0.3 is 15.7 Å². The van der Waals surface area contributed by atoms with Gasteiger partial charge in [0.25, 0.3) is 0 Å². The van der Waals surface area contributed by atoms with Crippen molar-refractivity contribution in [2.75, 3.05) is 0 Å². The molecule has 19 heavy (non-hydrogen) atoms. The molecule has 3 N–H and O–H groups in total. The largest absolute Gasteiger partial charge is 0.507 e. The van der Waals surface area contributed by atoms with E-state index in [4.69, 9.17) is 0 Å². The fourth-order valence-corrected chi connectivity index (χ4v) is 1.93. The van der Waals surface area contributed by atoms with E-state index in [1.165, 1.54) is 0 Å². The zero-order valence-corrected chi connectivity index (χ0v) is 13.3. The van der Waals surface area contributed by atoms with Gasteiger partial charge in [0.1, 0.15) is 5.75 Å². The first-order valence-corrected chi connectivity index (χ1v) is 7.01. The monoisotopic (exact) mass is 328 g/mol. The van der Waals surface area contributed by atoms with Gasteiger partial charge in [-0.1, -0.05) is 6.07 Å². The second-order valence-corrected chi connectivity index (χ2v) is 6.48. The van der Waals surface area contributed by atoms with Crippen LogP contribution in [-0.2, 0) is 11.3 Å². The van der Waals surface area contributed by atoms with Crippen molar-refractivity contribution >= 4 is 21.8 Å². The fraction of sp³-hybridized carbons (Fsp3) is 0.500. The molecule has 0 aliphatic carbocycles. The standard InChI is InChI=1S/C14H21BrN2O2/c1-9(13(19)17-14(2,3)4)16-8-10-5-6-12(18)11(15)7-10/h5-7,9,16,18H,8H2,1-4H3,(H,17,19). The molecule has 106 valence electrons. The summed E-state index contributed by atoms with van der Waals surface area (Å²) in [5.41, 5.74) is 0.772. The van der Waals surface area contributed by atoms with Crippen molar-refractivity contribution in [3.63, 3.8) is 0 Å². The molecule has 1 aromatic rings. The smallest absolute Gasteiger partial charge is 0.237 e. The van der Waals surface area contributed by atoms with Crippen LogP contribution in [0.15, 0.2) is 22.7 Å². The minimum absolute atomic E-state index is 0.0228. The number of halogens is 1. The molecule has 1 rings (SSSR count). The van der Waals surface area contributed by atoms with Crippen LogP contribution in [0.3, 0.4) is 0 Å². The normalized spacial score (nSPS) is 13.1. The Morgan fingerprint density at radius 1 is 1.42 bits per heavy atom. The topological polar surface area (TPSA) is 61.4 Å². The van der Waals surface area contributed by atoms with E-state index in [1.54, 1.807) is 6.07 Å². The Morgan fingerprint density at radius 3 is 2.58 bits per heavy atom. The summed E-state index contributed by atoms with van der Waals surface area (Å²) in [7, 11) is 0. The number of benzene rings is 1. The average Bonchev–Trinajstić information content (AvgIpc) is 2.28. The molecule has 5 heteroatoms. The number of nitrogens with one attached hydrogen (secondary N) is 2. The molecule has 1 aromatic carbocycles. The Bertz CT molecular complexity index is 455. The quantitative estimate of drug-likeness (QED) is 0.796. The number of hydrogen-bond acceptors (Lipinski definition) is 3. The van der Waals surface area contributed by atoms with Crippen LogP contribution in [-0.4, -0.2) is 22.6 Å². The second kappa shape index (κ2) is 6.39. The van der Waals surface area contributed by atoms with E-state index >= 15 is 0 Å². The molecule has 1 amide bonds. The van der Waals surface area contributed by atoms with Crippen molar-refractivity contribution in [3.05, 3.63) is 28.2 Å². The van der Waals surface area contributed by atoms with E-state index in [0.29, 0.717) is 11.0 Å². The number of carbonyl (C=O) groups is 1. The van der Waals surface area contributed by atoms with Crippen LogP contribution in [0.4, 0.5) is 0 Å². The molecule has 0 aliphatic rings. The van der Waals surface area contributed by atoms with Crippen molar-refractivity contribution in [2.45, 2.75) is 45.8 Å². The number of aromatic hydroxyl groups is 1. The Balaban J connectivity index is 2.52. The second-order valence-electron chi connectivity index (χ2n) is 5.63. The SMILES string of the molecule is CC(NCc1ccc(O)c(Br)c1)C(=O)NC(C)(C)C. The summed E-state index contributed by atoms with van der Waals surface area (Å²) in [6, 6.07) is 5.01. The Hall–Kier alpha value is -1.07. The minimum atomic E-state index is -0.271. The summed E-state index contributed by atoms with van der Waals surface area (Å²) in [4.78, 5) is 11.9. The fourth-order valence-electron chi connectivity index (χ4n) is 1.50. The van der Waals surface area contributed by atoms with Crippen LogP contribution in [0, 0.1) is 0 Å². The van der Waals surface area contributed by atoms with E-state index < -0.39 is 0 Å². The Morgan fingerprint density at radius 2 is 2.05 bits per heavy atom. The third-order valence-electron chi connectivity index (χ3n) is 2.52. The highest BCUT2D eigenvalue weighted by Crippen LogP contribution is 2.24. The van der Waals surface area contributed by atoms with Crippen molar-refractivity contribution < 1.29 is 9.90 Å². The molecular weight excluding hydrogens is 308 g/mol. The number of hydrogen-bond donors (Lipinski definition) is 3. The summed E-state index contributed by atoms with van der Waals surface area (Å²) < 4.78 is 0.651. The lowest BCUT2D eigenvalue weighted by Crippen LogP contribution is -2.49. The Kier molecular flexibility index (Phi) is 5.38. The molecule has 0 saturated heterocycles. The van der Waals surface area contributed by atoms with Crippen molar-refractivity contribution in [3.8, 4) is 5.75 Å². The van der Waals surface area contributed by atoms with Crippen LogP contribution < -0.4 is 10.6 Å². The van der Waals surface area contributed by atoms with Crippen molar-refractivity contribution in [1.82, 2.24) is 10.6 Å². The summed E-state index contributed by atoms with van der Waals surface area (Å²) >= 11 is 3.26. The number of amides is 1. The lowest BCUT2D eigenvalue weighted by atomic mass is 10.1. The van der Waals surface area contributed by atoms with E-state index in [2.05, 4.69) is 26.6 Å². The van der Waals surface area contributed by atoms with E-state index in [-0.39, 0.29) is 23.2 Å². The lowest BCUT2D eigenvalue weighted by Gasteiger charge is -2.23.